The Morgan fingerprint density at radius 3 is 2.17 bits per heavy atom. The molecule has 0 bridgehead atoms. The molecule has 1 fully saturated rings. The number of nitro groups is 2. The van der Waals surface area contributed by atoms with E-state index in [0.29, 0.717) is 17.0 Å². The van der Waals surface area contributed by atoms with Crippen LogP contribution in [0.2, 0.25) is 10.0 Å². The maximum atomic E-state index is 13.2. The molecule has 0 spiro atoms. The van der Waals surface area contributed by atoms with Crippen molar-refractivity contribution in [2.75, 3.05) is 4.90 Å². The summed E-state index contributed by atoms with van der Waals surface area (Å²) in [5.41, 5.74) is -3.73. The summed E-state index contributed by atoms with van der Waals surface area (Å²) < 4.78 is 44.8. The van der Waals surface area contributed by atoms with E-state index in [9.17, 15) is 47.8 Å². The van der Waals surface area contributed by atoms with Crippen LogP contribution in [0.1, 0.15) is 11.1 Å². The summed E-state index contributed by atoms with van der Waals surface area (Å²) in [7, 11) is 0. The number of rotatable bonds is 6. The van der Waals surface area contributed by atoms with Gasteiger partial charge in [0.05, 0.1) is 26.1 Å². The Kier molecular flexibility index (Phi) is 7.68. The van der Waals surface area contributed by atoms with Crippen molar-refractivity contribution >= 4 is 64.2 Å². The summed E-state index contributed by atoms with van der Waals surface area (Å²) in [5.74, 6) is -3.42. The highest BCUT2D eigenvalue weighted by Crippen LogP contribution is 2.42. The number of anilines is 1. The van der Waals surface area contributed by atoms with Gasteiger partial charge in [-0.2, -0.15) is 13.2 Å². The summed E-state index contributed by atoms with van der Waals surface area (Å²) in [4.78, 5) is 59.4. The highest BCUT2D eigenvalue weighted by Gasteiger charge is 2.38. The molecule has 210 valence electrons. The third-order valence-electron chi connectivity index (χ3n) is 5.45. The zero-order valence-electron chi connectivity index (χ0n) is 19.8. The van der Waals surface area contributed by atoms with E-state index in [2.05, 4.69) is 0 Å². The van der Waals surface area contributed by atoms with Gasteiger partial charge in [0.15, 0.2) is 5.75 Å². The Labute approximate surface area is 235 Å². The Hall–Kier alpha value is -5.02. The van der Waals surface area contributed by atoms with Gasteiger partial charge in [0, 0.05) is 28.8 Å². The van der Waals surface area contributed by atoms with Crippen LogP contribution >= 0.6 is 23.2 Å². The Morgan fingerprint density at radius 2 is 1.59 bits per heavy atom. The number of urea groups is 1. The number of hydrogen-bond donors (Lipinski definition) is 1. The van der Waals surface area contributed by atoms with Crippen LogP contribution in [0.3, 0.4) is 0 Å². The minimum absolute atomic E-state index is 0.0527. The summed E-state index contributed by atoms with van der Waals surface area (Å²) in [6.07, 6.45) is -4.00. The summed E-state index contributed by atoms with van der Waals surface area (Å²) >= 11 is 12.3. The molecule has 0 radical (unpaired) electrons. The molecule has 1 N–H and O–H groups in total. The van der Waals surface area contributed by atoms with Gasteiger partial charge in [0.2, 0.25) is 5.75 Å². The molecule has 3 aromatic rings. The zero-order valence-corrected chi connectivity index (χ0v) is 21.3. The van der Waals surface area contributed by atoms with Crippen LogP contribution in [-0.2, 0) is 15.8 Å². The summed E-state index contributed by atoms with van der Waals surface area (Å²) in [5, 5.41) is 24.0. The number of nitrogens with zero attached hydrogens (tertiary/aromatic N) is 3. The molecule has 41 heavy (non-hydrogen) atoms. The Morgan fingerprint density at radius 1 is 0.927 bits per heavy atom. The minimum atomic E-state index is -4.89. The number of carbonyl (C=O) groups is 3. The van der Waals surface area contributed by atoms with Crippen LogP contribution in [0.4, 0.5) is 35.0 Å². The number of imide groups is 2. The summed E-state index contributed by atoms with van der Waals surface area (Å²) in [6.45, 7) is 0. The molecular weight excluding hydrogens is 600 g/mol. The smallest absolute Gasteiger partial charge is 0.416 e. The topological polar surface area (TPSA) is 162 Å². The van der Waals surface area contributed by atoms with Gasteiger partial charge in [-0.25, -0.2) is 9.69 Å². The van der Waals surface area contributed by atoms with Gasteiger partial charge in [-0.15, -0.1) is 0 Å². The molecule has 0 atom stereocenters. The maximum absolute atomic E-state index is 13.2. The number of nitrogens with one attached hydrogen (secondary N) is 1. The first-order chi connectivity index (χ1) is 19.2. The summed E-state index contributed by atoms with van der Waals surface area (Å²) in [6, 6.07) is 6.83. The van der Waals surface area contributed by atoms with Gasteiger partial charge in [-0.05, 0) is 42.5 Å². The van der Waals surface area contributed by atoms with Crippen molar-refractivity contribution in [3.05, 3.63) is 102 Å². The third-order valence-corrected chi connectivity index (χ3v) is 5.95. The molecule has 0 aliphatic carbocycles. The van der Waals surface area contributed by atoms with Crippen LogP contribution in [-0.4, -0.2) is 27.7 Å². The molecule has 0 aromatic heterocycles. The van der Waals surface area contributed by atoms with Crippen molar-refractivity contribution in [1.29, 1.82) is 0 Å². The minimum Gasteiger partial charge on any atom is -0.448 e. The number of nitro benzene ring substituents is 2. The van der Waals surface area contributed by atoms with Crippen LogP contribution in [0.25, 0.3) is 6.08 Å². The fraction of sp³-hybridized carbons (Fsp3) is 0.0417. The highest BCUT2D eigenvalue weighted by atomic mass is 35.5. The average molecular weight is 611 g/mol. The third kappa shape index (κ3) is 5.95. The van der Waals surface area contributed by atoms with Gasteiger partial charge in [-0.1, -0.05) is 23.2 Å². The Balaban J connectivity index is 1.79. The fourth-order valence-electron chi connectivity index (χ4n) is 3.60. The van der Waals surface area contributed by atoms with Crippen molar-refractivity contribution in [3.8, 4) is 11.5 Å². The molecule has 1 heterocycles. The van der Waals surface area contributed by atoms with Gasteiger partial charge in [-0.3, -0.25) is 35.1 Å². The zero-order chi connectivity index (χ0) is 30.2. The first-order valence-corrected chi connectivity index (χ1v) is 11.6. The second kappa shape index (κ2) is 10.9. The molecule has 0 saturated carbocycles. The van der Waals surface area contributed by atoms with Gasteiger partial charge in [0.25, 0.3) is 17.5 Å². The number of hydrogen-bond acceptors (Lipinski definition) is 8. The number of non-ortho nitro benzene ring substituents is 1. The lowest BCUT2D eigenvalue weighted by Gasteiger charge is -2.26. The van der Waals surface area contributed by atoms with Gasteiger partial charge < -0.3 is 4.74 Å². The standard InChI is InChI=1S/C24H11Cl2F3N4O8/c25-13-7-11(20(17(26)10-13)41-19-6-1-12(24(27,28)29)9-18(19)33(39)40)8-16-21(34)30-23(36)31(22(16)35)14-2-4-15(5-3-14)32(37)38/h1-10H,(H,30,34,36)/b16-8+. The van der Waals surface area contributed by atoms with Crippen molar-refractivity contribution in [3.63, 3.8) is 0 Å². The van der Waals surface area contributed by atoms with E-state index < -0.39 is 62.2 Å². The highest BCUT2D eigenvalue weighted by molar-refractivity contribution is 6.40. The maximum Gasteiger partial charge on any atom is 0.416 e. The SMILES string of the molecule is O=C1NC(=O)N(c2ccc([N+](=O)[O-])cc2)C(=O)/C1=C/c1cc(Cl)cc(Cl)c1Oc1ccc(C(F)(F)F)cc1[N+](=O)[O-]. The monoisotopic (exact) mass is 610 g/mol. The number of alkyl halides is 3. The lowest BCUT2D eigenvalue weighted by Crippen LogP contribution is -2.54. The van der Waals surface area contributed by atoms with Crippen LogP contribution in [0.15, 0.2) is 60.2 Å². The number of carbonyl (C=O) groups excluding carboxylic acids is 3. The predicted octanol–water partition coefficient (Wildman–Crippen LogP) is 6.29. The number of ether oxygens (including phenoxy) is 1. The molecule has 1 aliphatic rings. The lowest BCUT2D eigenvalue weighted by molar-refractivity contribution is -0.385. The molecule has 17 heteroatoms. The number of barbiturate groups is 1. The van der Waals surface area contributed by atoms with Crippen molar-refractivity contribution < 1.29 is 42.1 Å². The van der Waals surface area contributed by atoms with E-state index in [4.69, 9.17) is 27.9 Å². The second-order valence-corrected chi connectivity index (χ2v) is 8.92. The fourth-order valence-corrected chi connectivity index (χ4v) is 4.15. The second-order valence-electron chi connectivity index (χ2n) is 8.08. The van der Waals surface area contributed by atoms with E-state index in [1.807, 2.05) is 5.32 Å². The molecule has 3 aromatic carbocycles. The largest absolute Gasteiger partial charge is 0.448 e. The molecule has 12 nitrogen and oxygen atoms in total. The molecule has 4 rings (SSSR count). The van der Waals surface area contributed by atoms with Gasteiger partial charge in [0.1, 0.15) is 5.57 Å². The van der Waals surface area contributed by atoms with E-state index in [1.165, 1.54) is 0 Å². The Bertz CT molecular complexity index is 1680. The van der Waals surface area contributed by atoms with Crippen LogP contribution in [0, 0.1) is 20.2 Å². The molecule has 1 aliphatic heterocycles. The van der Waals surface area contributed by atoms with Gasteiger partial charge >= 0.3 is 17.9 Å². The average Bonchev–Trinajstić information content (AvgIpc) is 2.88. The number of amides is 4. The number of benzene rings is 3. The van der Waals surface area contributed by atoms with E-state index >= 15 is 0 Å². The van der Waals surface area contributed by atoms with Crippen molar-refractivity contribution in [2.24, 2.45) is 0 Å². The van der Waals surface area contributed by atoms with E-state index in [-0.39, 0.29) is 33.0 Å². The molecular formula is C24H11Cl2F3N4O8. The lowest BCUT2D eigenvalue weighted by atomic mass is 10.1. The predicted molar refractivity (Wildman–Crippen MR) is 137 cm³/mol. The van der Waals surface area contributed by atoms with Crippen LogP contribution < -0.4 is 15.0 Å². The number of halogens is 5. The first-order valence-electron chi connectivity index (χ1n) is 10.9. The normalized spacial score (nSPS) is 14.7. The van der Waals surface area contributed by atoms with Crippen molar-refractivity contribution in [2.45, 2.75) is 6.18 Å². The molecule has 4 amide bonds. The quantitative estimate of drug-likeness (QED) is 0.147. The van der Waals surface area contributed by atoms with Crippen LogP contribution in [0.5, 0.6) is 11.5 Å². The molecule has 0 unspecified atom stereocenters. The van der Waals surface area contributed by atoms with E-state index in [1.54, 1.807) is 0 Å². The van der Waals surface area contributed by atoms with E-state index in [0.717, 1.165) is 42.5 Å². The molecule has 1 saturated heterocycles. The first kappa shape index (κ1) is 29.0. The van der Waals surface area contributed by atoms with Crippen molar-refractivity contribution in [1.82, 2.24) is 5.32 Å².